The van der Waals surface area contributed by atoms with E-state index in [1.54, 1.807) is 11.3 Å². The Balaban J connectivity index is 1.78. The molecule has 1 aromatic heterocycles. The largest absolute Gasteiger partial charge is 0.393 e. The predicted octanol–water partition coefficient (Wildman–Crippen LogP) is 1.87. The maximum Gasteiger partial charge on any atom is 0.0798 e. The first-order valence-corrected chi connectivity index (χ1v) is 6.36. The number of aliphatic hydroxyl groups is 1. The van der Waals surface area contributed by atoms with E-state index in [4.69, 9.17) is 0 Å². The smallest absolute Gasteiger partial charge is 0.0798 e. The van der Waals surface area contributed by atoms with E-state index in [1.165, 1.54) is 4.88 Å². The summed E-state index contributed by atoms with van der Waals surface area (Å²) in [6.45, 7) is 5.24. The molecule has 1 atom stereocenters. The summed E-state index contributed by atoms with van der Waals surface area (Å²) in [6, 6.07) is 0.384. The molecule has 84 valence electrons. The van der Waals surface area contributed by atoms with Crippen molar-refractivity contribution in [2.24, 2.45) is 5.92 Å². The molecular formula is C11H18N2OS. The average molecular weight is 226 g/mol. The Kier molecular flexibility index (Phi) is 3.38. The van der Waals surface area contributed by atoms with E-state index >= 15 is 0 Å². The first-order valence-electron chi connectivity index (χ1n) is 5.48. The van der Waals surface area contributed by atoms with Gasteiger partial charge in [-0.1, -0.05) is 0 Å². The first-order chi connectivity index (χ1) is 7.16. The fourth-order valence-electron chi connectivity index (χ4n) is 2.03. The van der Waals surface area contributed by atoms with Crippen molar-refractivity contribution in [2.75, 3.05) is 6.54 Å². The zero-order chi connectivity index (χ0) is 10.8. The fourth-order valence-corrected chi connectivity index (χ4v) is 2.86. The molecule has 0 radical (unpaired) electrons. The summed E-state index contributed by atoms with van der Waals surface area (Å²) in [5.74, 6) is 0.663. The van der Waals surface area contributed by atoms with Crippen LogP contribution in [0.15, 0.2) is 5.51 Å². The van der Waals surface area contributed by atoms with Crippen molar-refractivity contribution < 1.29 is 5.11 Å². The van der Waals surface area contributed by atoms with Crippen LogP contribution in [0.1, 0.15) is 36.4 Å². The van der Waals surface area contributed by atoms with Crippen LogP contribution in [-0.2, 0) is 0 Å². The number of rotatable bonds is 4. The molecular weight excluding hydrogens is 208 g/mol. The summed E-state index contributed by atoms with van der Waals surface area (Å²) in [5.41, 5.74) is 3.03. The van der Waals surface area contributed by atoms with Gasteiger partial charge in [0.1, 0.15) is 0 Å². The number of nitrogens with one attached hydrogen (secondary N) is 1. The number of aromatic nitrogens is 1. The van der Waals surface area contributed by atoms with Gasteiger partial charge >= 0.3 is 0 Å². The second-order valence-electron chi connectivity index (χ2n) is 4.42. The van der Waals surface area contributed by atoms with E-state index in [0.717, 1.165) is 25.1 Å². The van der Waals surface area contributed by atoms with Crippen molar-refractivity contribution in [1.82, 2.24) is 10.3 Å². The lowest BCUT2D eigenvalue weighted by Gasteiger charge is -2.32. The molecule has 1 unspecified atom stereocenters. The molecule has 1 aliphatic rings. The minimum atomic E-state index is -0.0442. The molecule has 0 bridgehead atoms. The molecule has 2 rings (SSSR count). The minimum Gasteiger partial charge on any atom is -0.393 e. The molecule has 2 N–H and O–H groups in total. The Morgan fingerprint density at radius 1 is 1.67 bits per heavy atom. The van der Waals surface area contributed by atoms with Gasteiger partial charge in [0.05, 0.1) is 17.3 Å². The lowest BCUT2D eigenvalue weighted by Crippen LogP contribution is -2.36. The molecule has 1 heterocycles. The van der Waals surface area contributed by atoms with E-state index < -0.39 is 0 Å². The molecule has 0 amide bonds. The molecule has 0 spiro atoms. The Labute approximate surface area is 94.5 Å². The molecule has 15 heavy (non-hydrogen) atoms. The summed E-state index contributed by atoms with van der Waals surface area (Å²) >= 11 is 1.71. The molecule has 0 aliphatic heterocycles. The zero-order valence-corrected chi connectivity index (χ0v) is 10.0. The monoisotopic (exact) mass is 226 g/mol. The third-order valence-electron chi connectivity index (χ3n) is 3.10. The van der Waals surface area contributed by atoms with E-state index in [9.17, 15) is 5.11 Å². The van der Waals surface area contributed by atoms with Crippen LogP contribution in [0.2, 0.25) is 0 Å². The van der Waals surface area contributed by atoms with Crippen LogP contribution in [0.4, 0.5) is 0 Å². The normalized spacial score (nSPS) is 27.4. The van der Waals surface area contributed by atoms with Gasteiger partial charge in [-0.05, 0) is 39.2 Å². The predicted molar refractivity (Wildman–Crippen MR) is 62.0 cm³/mol. The van der Waals surface area contributed by atoms with E-state index in [2.05, 4.69) is 24.1 Å². The molecule has 0 aromatic carbocycles. The van der Waals surface area contributed by atoms with E-state index in [-0.39, 0.29) is 6.10 Å². The summed E-state index contributed by atoms with van der Waals surface area (Å²) in [7, 11) is 0. The number of hydrogen-bond acceptors (Lipinski definition) is 4. The van der Waals surface area contributed by atoms with Crippen molar-refractivity contribution in [3.63, 3.8) is 0 Å². The van der Waals surface area contributed by atoms with Crippen molar-refractivity contribution in [3.8, 4) is 0 Å². The first kappa shape index (κ1) is 11.0. The Hall–Kier alpha value is -0.450. The van der Waals surface area contributed by atoms with Crippen molar-refractivity contribution in [1.29, 1.82) is 0 Å². The molecule has 1 aromatic rings. The second kappa shape index (κ2) is 4.60. The summed E-state index contributed by atoms with van der Waals surface area (Å²) in [4.78, 5) is 5.58. The average Bonchev–Trinajstić information content (AvgIpc) is 2.57. The second-order valence-corrected chi connectivity index (χ2v) is 5.31. The quantitative estimate of drug-likeness (QED) is 0.824. The maximum atomic E-state index is 9.18. The Morgan fingerprint density at radius 3 is 2.93 bits per heavy atom. The highest BCUT2D eigenvalue weighted by Crippen LogP contribution is 2.28. The lowest BCUT2D eigenvalue weighted by molar-refractivity contribution is 0.0421. The van der Waals surface area contributed by atoms with Gasteiger partial charge in [-0.25, -0.2) is 4.98 Å². The van der Waals surface area contributed by atoms with Gasteiger partial charge in [0, 0.05) is 10.9 Å². The third kappa shape index (κ3) is 2.56. The van der Waals surface area contributed by atoms with Crippen molar-refractivity contribution >= 4 is 11.3 Å². The van der Waals surface area contributed by atoms with Crippen molar-refractivity contribution in [2.45, 2.75) is 38.8 Å². The summed E-state index contributed by atoms with van der Waals surface area (Å²) in [6.07, 6.45) is 1.88. The van der Waals surface area contributed by atoms with Crippen LogP contribution >= 0.6 is 11.3 Å². The van der Waals surface area contributed by atoms with Gasteiger partial charge in [-0.15, -0.1) is 11.3 Å². The molecule has 4 heteroatoms. The number of hydrogen-bond donors (Lipinski definition) is 2. The van der Waals surface area contributed by atoms with Gasteiger partial charge in [-0.2, -0.15) is 0 Å². The van der Waals surface area contributed by atoms with Gasteiger partial charge < -0.3 is 10.4 Å². The number of aliphatic hydroxyl groups excluding tert-OH is 1. The molecule has 1 saturated carbocycles. The SMILES string of the molecule is Cc1ncsc1C(C)NCC1CC(O)C1. The highest BCUT2D eigenvalue weighted by molar-refractivity contribution is 7.09. The molecule has 0 saturated heterocycles. The van der Waals surface area contributed by atoms with Crippen LogP contribution in [0, 0.1) is 12.8 Å². The van der Waals surface area contributed by atoms with Crippen molar-refractivity contribution in [3.05, 3.63) is 16.1 Å². The van der Waals surface area contributed by atoms with E-state index in [1.807, 2.05) is 5.51 Å². The highest BCUT2D eigenvalue weighted by Gasteiger charge is 2.27. The zero-order valence-electron chi connectivity index (χ0n) is 9.23. The highest BCUT2D eigenvalue weighted by atomic mass is 32.1. The maximum absolute atomic E-state index is 9.18. The topological polar surface area (TPSA) is 45.2 Å². The fraction of sp³-hybridized carbons (Fsp3) is 0.727. The van der Waals surface area contributed by atoms with Gasteiger partial charge in [-0.3, -0.25) is 0 Å². The lowest BCUT2D eigenvalue weighted by atomic mass is 9.82. The van der Waals surface area contributed by atoms with Crippen LogP contribution in [0.25, 0.3) is 0 Å². The Bertz CT molecular complexity index is 320. The van der Waals surface area contributed by atoms with Crippen LogP contribution in [0.3, 0.4) is 0 Å². The van der Waals surface area contributed by atoms with Crippen LogP contribution in [-0.4, -0.2) is 22.7 Å². The van der Waals surface area contributed by atoms with Gasteiger partial charge in [0.15, 0.2) is 0 Å². The van der Waals surface area contributed by atoms with Crippen LogP contribution < -0.4 is 5.32 Å². The molecule has 3 nitrogen and oxygen atoms in total. The standard InChI is InChI=1S/C11H18N2OS/c1-7(11-8(2)13-6-15-11)12-5-9-3-10(14)4-9/h6-7,9-10,12,14H,3-5H2,1-2H3. The minimum absolute atomic E-state index is 0.0442. The van der Waals surface area contributed by atoms with Crippen LogP contribution in [0.5, 0.6) is 0 Å². The summed E-state index contributed by atoms with van der Waals surface area (Å²) in [5, 5.41) is 12.7. The van der Waals surface area contributed by atoms with E-state index in [0.29, 0.717) is 12.0 Å². The van der Waals surface area contributed by atoms with Gasteiger partial charge in [0.25, 0.3) is 0 Å². The third-order valence-corrected chi connectivity index (χ3v) is 4.21. The molecule has 1 fully saturated rings. The number of nitrogens with zero attached hydrogens (tertiary/aromatic N) is 1. The molecule has 1 aliphatic carbocycles. The Morgan fingerprint density at radius 2 is 2.40 bits per heavy atom. The number of thiazole rings is 1. The van der Waals surface area contributed by atoms with Gasteiger partial charge in [0.2, 0.25) is 0 Å². The summed E-state index contributed by atoms with van der Waals surface area (Å²) < 4.78 is 0. The number of aryl methyl sites for hydroxylation is 1.